The van der Waals surface area contributed by atoms with Gasteiger partial charge in [0.1, 0.15) is 17.1 Å². The highest BCUT2D eigenvalue weighted by molar-refractivity contribution is 7.66. The molecule has 2 aromatic rings. The van der Waals surface area contributed by atoms with Gasteiger partial charge >= 0.3 is 0 Å². The highest BCUT2D eigenvalue weighted by Gasteiger charge is 2.33. The summed E-state index contributed by atoms with van der Waals surface area (Å²) in [7, 11) is 0.445. The van der Waals surface area contributed by atoms with Gasteiger partial charge in [0.2, 0.25) is 5.52 Å². The molecule has 0 N–H and O–H groups in total. The lowest BCUT2D eigenvalue weighted by molar-refractivity contribution is 0.0976. The molecule has 5 nitrogen and oxygen atoms in total. The van der Waals surface area contributed by atoms with Gasteiger partial charge in [-0.3, -0.25) is 14.2 Å². The molecular formula is C21H24O5P. The first-order chi connectivity index (χ1) is 12.7. The van der Waals surface area contributed by atoms with Crippen molar-refractivity contribution in [1.29, 1.82) is 0 Å². The average molecular weight is 387 g/mol. The first-order valence-corrected chi connectivity index (χ1v) is 9.89. The van der Waals surface area contributed by atoms with E-state index in [1.165, 1.54) is 21.1 Å². The van der Waals surface area contributed by atoms with Gasteiger partial charge in [0.25, 0.3) is 0 Å². The number of Topliss-reactive ketones (excluding diaryl/α,β-unsaturated/α-hetero) is 1. The van der Waals surface area contributed by atoms with Crippen LogP contribution in [0.5, 0.6) is 11.5 Å². The minimum Gasteiger partial charge on any atom is -0.496 e. The summed E-state index contributed by atoms with van der Waals surface area (Å²) in [5, 5.41) is 0. The molecule has 0 aliphatic carbocycles. The molecule has 0 aliphatic rings. The van der Waals surface area contributed by atoms with E-state index in [-0.39, 0.29) is 5.56 Å². The van der Waals surface area contributed by atoms with Crippen LogP contribution in [0.15, 0.2) is 30.3 Å². The third-order valence-electron chi connectivity index (χ3n) is 4.52. The number of aryl methyl sites for hydroxylation is 3. The molecule has 0 heterocycles. The number of hydrogen-bond acceptors (Lipinski definition) is 5. The van der Waals surface area contributed by atoms with Crippen LogP contribution in [-0.4, -0.2) is 31.2 Å². The fourth-order valence-corrected chi connectivity index (χ4v) is 4.31. The van der Waals surface area contributed by atoms with Crippen LogP contribution in [0.25, 0.3) is 0 Å². The summed E-state index contributed by atoms with van der Waals surface area (Å²) in [5.74, 6) is 0.239. The summed E-state index contributed by atoms with van der Waals surface area (Å²) in [6, 6.07) is 8.85. The van der Waals surface area contributed by atoms with Crippen LogP contribution in [-0.2, 0) is 4.57 Å². The zero-order valence-corrected chi connectivity index (χ0v) is 17.3. The molecular weight excluding hydrogens is 363 g/mol. The van der Waals surface area contributed by atoms with Crippen LogP contribution < -0.4 is 9.47 Å². The van der Waals surface area contributed by atoms with Crippen molar-refractivity contribution in [2.75, 3.05) is 14.2 Å². The number of carbonyl (C=O) groups is 2. The number of rotatable bonds is 7. The fourth-order valence-electron chi connectivity index (χ4n) is 3.04. The molecule has 0 spiro atoms. The van der Waals surface area contributed by atoms with E-state index in [0.717, 1.165) is 16.7 Å². The largest absolute Gasteiger partial charge is 0.496 e. The van der Waals surface area contributed by atoms with Crippen molar-refractivity contribution in [3.63, 3.8) is 0 Å². The maximum absolute atomic E-state index is 13.1. The number of ether oxygens (including phenoxy) is 2. The Hall–Kier alpha value is -2.52. The van der Waals surface area contributed by atoms with Crippen molar-refractivity contribution < 1.29 is 23.6 Å². The SMILES string of the molecule is COc1cc(C)cc(OC)c1C(=O)C(C)[P](=O)C(=O)c1c(C)cccc1C. The van der Waals surface area contributed by atoms with E-state index in [1.807, 2.05) is 13.0 Å². The van der Waals surface area contributed by atoms with Crippen LogP contribution in [0, 0.1) is 20.8 Å². The molecule has 1 radical (unpaired) electrons. The van der Waals surface area contributed by atoms with Gasteiger partial charge in [-0.05, 0) is 56.5 Å². The molecule has 0 amide bonds. The molecule has 0 saturated heterocycles. The van der Waals surface area contributed by atoms with Gasteiger partial charge in [-0.25, -0.2) is 0 Å². The number of carbonyl (C=O) groups excluding carboxylic acids is 2. The average Bonchev–Trinajstić information content (AvgIpc) is 2.64. The minimum atomic E-state index is -2.47. The van der Waals surface area contributed by atoms with Crippen LogP contribution in [0.3, 0.4) is 0 Å². The minimum absolute atomic E-state index is 0.204. The molecule has 143 valence electrons. The van der Waals surface area contributed by atoms with E-state index in [4.69, 9.17) is 9.47 Å². The summed E-state index contributed by atoms with van der Waals surface area (Å²) >= 11 is 0. The van der Waals surface area contributed by atoms with E-state index >= 15 is 0 Å². The van der Waals surface area contributed by atoms with Gasteiger partial charge in [0.05, 0.1) is 19.9 Å². The molecule has 27 heavy (non-hydrogen) atoms. The monoisotopic (exact) mass is 387 g/mol. The van der Waals surface area contributed by atoms with E-state index in [2.05, 4.69) is 0 Å². The Morgan fingerprint density at radius 2 is 1.41 bits per heavy atom. The lowest BCUT2D eigenvalue weighted by Gasteiger charge is -2.17. The van der Waals surface area contributed by atoms with E-state index < -0.39 is 24.8 Å². The van der Waals surface area contributed by atoms with Gasteiger partial charge in [-0.1, -0.05) is 18.2 Å². The van der Waals surface area contributed by atoms with Crippen molar-refractivity contribution >= 4 is 19.1 Å². The lowest BCUT2D eigenvalue weighted by atomic mass is 10.0. The molecule has 2 aromatic carbocycles. The van der Waals surface area contributed by atoms with Crippen molar-refractivity contribution in [3.05, 3.63) is 58.1 Å². The zero-order valence-electron chi connectivity index (χ0n) is 16.5. The Morgan fingerprint density at radius 3 is 1.85 bits per heavy atom. The number of ketones is 1. The van der Waals surface area contributed by atoms with Crippen LogP contribution in [0.2, 0.25) is 0 Å². The van der Waals surface area contributed by atoms with E-state index in [0.29, 0.717) is 17.1 Å². The van der Waals surface area contributed by atoms with Crippen molar-refractivity contribution in [3.8, 4) is 11.5 Å². The van der Waals surface area contributed by atoms with Gasteiger partial charge in [-0.15, -0.1) is 0 Å². The predicted molar refractivity (Wildman–Crippen MR) is 106 cm³/mol. The van der Waals surface area contributed by atoms with E-state index in [9.17, 15) is 14.2 Å². The molecule has 0 aliphatic heterocycles. The molecule has 0 saturated carbocycles. The summed E-state index contributed by atoms with van der Waals surface area (Å²) in [6.07, 6.45) is 0. The zero-order chi connectivity index (χ0) is 20.3. The molecule has 2 atom stereocenters. The first kappa shape index (κ1) is 20.8. The molecule has 0 fully saturated rings. The van der Waals surface area contributed by atoms with Gasteiger partial charge < -0.3 is 9.47 Å². The molecule has 0 bridgehead atoms. The van der Waals surface area contributed by atoms with Crippen molar-refractivity contribution in [2.45, 2.75) is 33.4 Å². The first-order valence-electron chi connectivity index (χ1n) is 8.56. The molecule has 2 rings (SSSR count). The summed E-state index contributed by atoms with van der Waals surface area (Å²) in [5.41, 5.74) is 1.46. The third-order valence-corrected chi connectivity index (χ3v) is 6.08. The normalized spacial score (nSPS) is 12.3. The Morgan fingerprint density at radius 1 is 0.926 bits per heavy atom. The second kappa shape index (κ2) is 8.45. The second-order valence-corrected chi connectivity index (χ2v) is 8.31. The van der Waals surface area contributed by atoms with Crippen LogP contribution in [0.4, 0.5) is 0 Å². The Kier molecular flexibility index (Phi) is 6.50. The molecule has 6 heteroatoms. The Bertz CT molecular complexity index is 872. The van der Waals surface area contributed by atoms with Crippen molar-refractivity contribution in [1.82, 2.24) is 0 Å². The number of hydrogen-bond donors (Lipinski definition) is 0. The summed E-state index contributed by atoms with van der Waals surface area (Å²) in [4.78, 5) is 25.9. The maximum Gasteiger partial charge on any atom is 0.243 e. The number of methoxy groups -OCH3 is 2. The van der Waals surface area contributed by atoms with E-state index in [1.54, 1.807) is 38.1 Å². The number of benzene rings is 2. The van der Waals surface area contributed by atoms with Gasteiger partial charge in [0, 0.05) is 5.56 Å². The molecule has 0 aromatic heterocycles. The van der Waals surface area contributed by atoms with Gasteiger partial charge in [-0.2, -0.15) is 0 Å². The standard InChI is InChI=1S/C21H24O5P/c1-12-10-16(25-5)19(17(11-12)26-6)20(22)15(4)27(24)21(23)18-13(2)8-7-9-14(18)3/h7-11,15H,1-6H3. The maximum atomic E-state index is 13.1. The fraction of sp³-hybridized carbons (Fsp3) is 0.333. The predicted octanol–water partition coefficient (Wildman–Crippen LogP) is 4.87. The summed E-state index contributed by atoms with van der Waals surface area (Å²) < 4.78 is 23.6. The lowest BCUT2D eigenvalue weighted by Crippen LogP contribution is -2.19. The highest BCUT2D eigenvalue weighted by Crippen LogP contribution is 2.40. The quantitative estimate of drug-likeness (QED) is 0.501. The van der Waals surface area contributed by atoms with Crippen LogP contribution in [0.1, 0.15) is 44.3 Å². The van der Waals surface area contributed by atoms with Crippen molar-refractivity contribution in [2.24, 2.45) is 0 Å². The Labute approximate surface area is 160 Å². The summed E-state index contributed by atoms with van der Waals surface area (Å²) in [6.45, 7) is 6.95. The third kappa shape index (κ3) is 4.09. The molecule has 2 unspecified atom stereocenters. The Balaban J connectivity index is 2.43. The van der Waals surface area contributed by atoms with Gasteiger partial charge in [0.15, 0.2) is 13.6 Å². The topological polar surface area (TPSA) is 69.7 Å². The van der Waals surface area contributed by atoms with Crippen LogP contribution >= 0.6 is 7.80 Å². The smallest absolute Gasteiger partial charge is 0.243 e. The second-order valence-electron chi connectivity index (χ2n) is 6.48. The highest BCUT2D eigenvalue weighted by atomic mass is 31.1.